The standard InChI is InChI=1S/C59H37N5/c1-3-17-38(18-4-1)57-60-58(39-19-5-2-6-20-39)62-59(61-57)64-52-30-13-11-27-48(52)51-37-42(33-34-54(51)64)45-29-16-32-55-56(45)49-28-12-14-31-53(49)63(55)43-23-15-22-40(35-43)50-36-41-21-7-8-24-44(41)46-25-9-10-26-47(46)50/h1-37H. The molecule has 0 N–H and O–H groups in total. The van der Waals surface area contributed by atoms with Gasteiger partial charge in [-0.15, -0.1) is 0 Å². The smallest absolute Gasteiger partial charge is 0.238 e. The summed E-state index contributed by atoms with van der Waals surface area (Å²) < 4.78 is 4.62. The van der Waals surface area contributed by atoms with Gasteiger partial charge in [0, 0.05) is 38.4 Å². The van der Waals surface area contributed by atoms with E-state index in [4.69, 9.17) is 15.0 Å². The minimum atomic E-state index is 0.579. The van der Waals surface area contributed by atoms with E-state index in [0.717, 1.165) is 49.7 Å². The molecule has 13 rings (SSSR count). The molecule has 5 heteroatoms. The maximum atomic E-state index is 5.15. The summed E-state index contributed by atoms with van der Waals surface area (Å²) in [5.41, 5.74) is 12.1. The summed E-state index contributed by atoms with van der Waals surface area (Å²) in [7, 11) is 0. The molecule has 0 unspecified atom stereocenters. The highest BCUT2D eigenvalue weighted by Crippen LogP contribution is 2.42. The molecule has 0 saturated heterocycles. The summed E-state index contributed by atoms with van der Waals surface area (Å²) in [5, 5.41) is 9.74. The van der Waals surface area contributed by atoms with Crippen LogP contribution in [0.5, 0.6) is 0 Å². The van der Waals surface area contributed by atoms with Gasteiger partial charge in [-0.25, -0.2) is 4.98 Å². The molecule has 0 aliphatic carbocycles. The fraction of sp³-hybridized carbons (Fsp3) is 0. The Labute approximate surface area is 368 Å². The first-order chi connectivity index (χ1) is 31.7. The fourth-order valence-corrected chi connectivity index (χ4v) is 9.90. The number of hydrogen-bond donors (Lipinski definition) is 0. The van der Waals surface area contributed by atoms with Crippen molar-refractivity contribution >= 4 is 65.2 Å². The maximum Gasteiger partial charge on any atom is 0.238 e. The van der Waals surface area contributed by atoms with Crippen LogP contribution in [0.3, 0.4) is 0 Å². The van der Waals surface area contributed by atoms with E-state index in [0.29, 0.717) is 17.6 Å². The molecule has 0 spiro atoms. The third-order valence-corrected chi connectivity index (χ3v) is 12.8. The maximum absolute atomic E-state index is 5.15. The van der Waals surface area contributed by atoms with E-state index in [1.807, 2.05) is 60.7 Å². The van der Waals surface area contributed by atoms with Gasteiger partial charge in [-0.3, -0.25) is 4.57 Å². The lowest BCUT2D eigenvalue weighted by Gasteiger charge is -2.14. The topological polar surface area (TPSA) is 48.5 Å². The average Bonchev–Trinajstić information content (AvgIpc) is 3.89. The van der Waals surface area contributed by atoms with Crippen LogP contribution in [0.4, 0.5) is 0 Å². The highest BCUT2D eigenvalue weighted by atomic mass is 15.2. The molecule has 0 atom stereocenters. The molecule has 3 heterocycles. The fourth-order valence-electron chi connectivity index (χ4n) is 9.90. The van der Waals surface area contributed by atoms with E-state index in [2.05, 4.69) is 173 Å². The summed E-state index contributed by atoms with van der Waals surface area (Å²) >= 11 is 0. The van der Waals surface area contributed by atoms with Crippen molar-refractivity contribution in [1.29, 1.82) is 0 Å². The van der Waals surface area contributed by atoms with Crippen LogP contribution >= 0.6 is 0 Å². The lowest BCUT2D eigenvalue weighted by molar-refractivity contribution is 0.953. The Morgan fingerprint density at radius 1 is 0.281 bits per heavy atom. The van der Waals surface area contributed by atoms with Crippen LogP contribution in [0.1, 0.15) is 0 Å². The number of para-hydroxylation sites is 2. The molecular formula is C59H37N5. The second-order valence-electron chi connectivity index (χ2n) is 16.4. The van der Waals surface area contributed by atoms with Crippen molar-refractivity contribution in [2.75, 3.05) is 0 Å². The third kappa shape index (κ3) is 5.68. The number of aromatic nitrogens is 5. The first-order valence-electron chi connectivity index (χ1n) is 21.7. The van der Waals surface area contributed by atoms with E-state index >= 15 is 0 Å². The van der Waals surface area contributed by atoms with Crippen LogP contribution in [0, 0.1) is 0 Å². The molecule has 0 aliphatic rings. The minimum Gasteiger partial charge on any atom is -0.309 e. The molecule has 0 bridgehead atoms. The Morgan fingerprint density at radius 3 is 1.58 bits per heavy atom. The molecule has 3 aromatic heterocycles. The molecule has 0 amide bonds. The molecule has 13 aromatic rings. The molecule has 64 heavy (non-hydrogen) atoms. The quantitative estimate of drug-likeness (QED) is 0.157. The van der Waals surface area contributed by atoms with Crippen molar-refractivity contribution in [3.8, 4) is 56.7 Å². The van der Waals surface area contributed by atoms with E-state index in [1.54, 1.807) is 0 Å². The summed E-state index contributed by atoms with van der Waals surface area (Å²) in [6, 6.07) is 80.1. The Hall–Kier alpha value is -8.67. The largest absolute Gasteiger partial charge is 0.309 e. The molecule has 0 fully saturated rings. The van der Waals surface area contributed by atoms with Gasteiger partial charge in [0.15, 0.2) is 11.6 Å². The second kappa shape index (κ2) is 14.5. The Kier molecular flexibility index (Phi) is 8.15. The van der Waals surface area contributed by atoms with Crippen molar-refractivity contribution in [1.82, 2.24) is 24.1 Å². The van der Waals surface area contributed by atoms with E-state index in [-0.39, 0.29) is 0 Å². The molecule has 0 radical (unpaired) electrons. The van der Waals surface area contributed by atoms with Gasteiger partial charge in [0.1, 0.15) is 0 Å². The highest BCUT2D eigenvalue weighted by molar-refractivity contribution is 6.18. The minimum absolute atomic E-state index is 0.579. The lowest BCUT2D eigenvalue weighted by Crippen LogP contribution is -2.06. The second-order valence-corrected chi connectivity index (χ2v) is 16.4. The third-order valence-electron chi connectivity index (χ3n) is 12.8. The van der Waals surface area contributed by atoms with E-state index in [9.17, 15) is 0 Å². The number of nitrogens with zero attached hydrogens (tertiary/aromatic N) is 5. The molecule has 0 saturated carbocycles. The summed E-state index contributed by atoms with van der Waals surface area (Å²) in [4.78, 5) is 15.3. The van der Waals surface area contributed by atoms with Crippen molar-refractivity contribution in [3.05, 3.63) is 224 Å². The van der Waals surface area contributed by atoms with Crippen LogP contribution in [0.15, 0.2) is 224 Å². The zero-order valence-corrected chi connectivity index (χ0v) is 34.6. The van der Waals surface area contributed by atoms with Gasteiger partial charge in [0.2, 0.25) is 5.95 Å². The highest BCUT2D eigenvalue weighted by Gasteiger charge is 2.21. The van der Waals surface area contributed by atoms with Crippen LogP contribution in [-0.2, 0) is 0 Å². The SMILES string of the molecule is c1ccc(-c2nc(-c3ccccc3)nc(-n3c4ccccc4c4cc(-c5cccc6c5c5ccccc5n6-c5cccc(-c6cc7ccccc7c7ccccc67)c5)ccc43)n2)cc1. The predicted molar refractivity (Wildman–Crippen MR) is 265 cm³/mol. The monoisotopic (exact) mass is 815 g/mol. The Morgan fingerprint density at radius 2 is 0.828 bits per heavy atom. The molecule has 0 aliphatic heterocycles. The van der Waals surface area contributed by atoms with Crippen LogP contribution in [0.25, 0.3) is 122 Å². The molecule has 5 nitrogen and oxygen atoms in total. The van der Waals surface area contributed by atoms with Gasteiger partial charge >= 0.3 is 0 Å². The summed E-state index contributed by atoms with van der Waals surface area (Å²) in [5.74, 6) is 1.84. The predicted octanol–water partition coefficient (Wildman–Crippen LogP) is 15.0. The van der Waals surface area contributed by atoms with Crippen molar-refractivity contribution in [2.24, 2.45) is 0 Å². The van der Waals surface area contributed by atoms with Crippen LogP contribution < -0.4 is 0 Å². The summed E-state index contributed by atoms with van der Waals surface area (Å²) in [6.07, 6.45) is 0. The molecule has 10 aromatic carbocycles. The lowest BCUT2D eigenvalue weighted by atomic mass is 9.93. The normalized spacial score (nSPS) is 11.8. The summed E-state index contributed by atoms with van der Waals surface area (Å²) in [6.45, 7) is 0. The zero-order chi connectivity index (χ0) is 42.1. The van der Waals surface area contributed by atoms with Crippen molar-refractivity contribution < 1.29 is 0 Å². The van der Waals surface area contributed by atoms with E-state index < -0.39 is 0 Å². The van der Waals surface area contributed by atoms with Gasteiger partial charge < -0.3 is 4.57 Å². The van der Waals surface area contributed by atoms with Gasteiger partial charge in [0.05, 0.1) is 22.1 Å². The van der Waals surface area contributed by atoms with Crippen LogP contribution in [0.2, 0.25) is 0 Å². The molecular weight excluding hydrogens is 779 g/mol. The number of rotatable bonds is 6. The molecule has 298 valence electrons. The average molecular weight is 816 g/mol. The van der Waals surface area contributed by atoms with Gasteiger partial charge in [-0.2, -0.15) is 9.97 Å². The van der Waals surface area contributed by atoms with E-state index in [1.165, 1.54) is 54.5 Å². The number of hydrogen-bond acceptors (Lipinski definition) is 3. The zero-order valence-electron chi connectivity index (χ0n) is 34.6. The Balaban J connectivity index is 0.994. The first kappa shape index (κ1) is 36.0. The first-order valence-corrected chi connectivity index (χ1v) is 21.7. The Bertz CT molecular complexity index is 3900. The van der Waals surface area contributed by atoms with Gasteiger partial charge in [0.25, 0.3) is 0 Å². The van der Waals surface area contributed by atoms with Gasteiger partial charge in [-0.1, -0.05) is 176 Å². The number of benzene rings is 10. The van der Waals surface area contributed by atoms with Gasteiger partial charge in [-0.05, 0) is 92.3 Å². The van der Waals surface area contributed by atoms with Crippen LogP contribution in [-0.4, -0.2) is 24.1 Å². The van der Waals surface area contributed by atoms with Crippen molar-refractivity contribution in [3.63, 3.8) is 0 Å². The van der Waals surface area contributed by atoms with Crippen molar-refractivity contribution in [2.45, 2.75) is 0 Å². The number of fused-ring (bicyclic) bond motifs is 9.